The SMILES string of the molecule is Cc1nc(NC(=O)OC(C)(C)C)sc1-c1cc2c(c(Cl)n1)C(=O)N(C(C)C1CC1)C2. The van der Waals surface area contributed by atoms with Crippen LogP contribution in [-0.2, 0) is 11.3 Å². The van der Waals surface area contributed by atoms with Crippen molar-refractivity contribution in [2.75, 3.05) is 5.32 Å². The van der Waals surface area contributed by atoms with Gasteiger partial charge in [0.25, 0.3) is 5.91 Å². The van der Waals surface area contributed by atoms with Crippen LogP contribution in [0.1, 0.15) is 62.2 Å². The van der Waals surface area contributed by atoms with Gasteiger partial charge >= 0.3 is 6.09 Å². The highest BCUT2D eigenvalue weighted by Gasteiger charge is 2.40. The van der Waals surface area contributed by atoms with Crippen molar-refractivity contribution in [1.82, 2.24) is 14.9 Å². The molecule has 0 saturated heterocycles. The van der Waals surface area contributed by atoms with Crippen molar-refractivity contribution in [2.24, 2.45) is 5.92 Å². The van der Waals surface area contributed by atoms with Gasteiger partial charge in [0.1, 0.15) is 10.8 Å². The van der Waals surface area contributed by atoms with E-state index in [4.69, 9.17) is 16.3 Å². The third-order valence-electron chi connectivity index (χ3n) is 5.31. The number of pyridine rings is 1. The van der Waals surface area contributed by atoms with Crippen molar-refractivity contribution in [3.63, 3.8) is 0 Å². The van der Waals surface area contributed by atoms with E-state index in [0.717, 1.165) is 16.1 Å². The third-order valence-corrected chi connectivity index (χ3v) is 6.67. The molecule has 1 aliphatic carbocycles. The molecule has 4 rings (SSSR count). The molecule has 1 N–H and O–H groups in total. The van der Waals surface area contributed by atoms with Gasteiger partial charge in [-0.15, -0.1) is 0 Å². The molecule has 0 spiro atoms. The van der Waals surface area contributed by atoms with E-state index < -0.39 is 11.7 Å². The van der Waals surface area contributed by atoms with E-state index in [-0.39, 0.29) is 17.1 Å². The van der Waals surface area contributed by atoms with E-state index in [1.54, 1.807) is 20.8 Å². The third kappa shape index (κ3) is 4.16. The van der Waals surface area contributed by atoms with Crippen LogP contribution in [0.25, 0.3) is 10.6 Å². The maximum atomic E-state index is 12.9. The van der Waals surface area contributed by atoms with Crippen molar-refractivity contribution in [3.05, 3.63) is 28.0 Å². The second-order valence-corrected chi connectivity index (χ2v) is 10.3. The number of halogens is 1. The fraction of sp³-hybridized carbons (Fsp3) is 0.524. The lowest BCUT2D eigenvalue weighted by Gasteiger charge is -2.23. The molecule has 1 fully saturated rings. The van der Waals surface area contributed by atoms with Crippen LogP contribution < -0.4 is 5.32 Å². The predicted molar refractivity (Wildman–Crippen MR) is 117 cm³/mol. The summed E-state index contributed by atoms with van der Waals surface area (Å²) in [4.78, 5) is 36.5. The number of ether oxygens (including phenoxy) is 1. The van der Waals surface area contributed by atoms with Crippen LogP contribution in [0.2, 0.25) is 5.15 Å². The average Bonchev–Trinajstić information content (AvgIpc) is 3.33. The quantitative estimate of drug-likeness (QED) is 0.644. The molecule has 30 heavy (non-hydrogen) atoms. The average molecular weight is 449 g/mol. The number of carbonyl (C=O) groups is 2. The van der Waals surface area contributed by atoms with E-state index in [0.29, 0.717) is 28.9 Å². The van der Waals surface area contributed by atoms with Crippen LogP contribution in [0.3, 0.4) is 0 Å². The lowest BCUT2D eigenvalue weighted by atomic mass is 10.1. The Labute approximate surface area is 184 Å². The molecule has 0 bridgehead atoms. The van der Waals surface area contributed by atoms with Gasteiger partial charge < -0.3 is 9.64 Å². The molecule has 1 saturated carbocycles. The molecule has 1 atom stereocenters. The number of carbonyl (C=O) groups excluding carboxylic acids is 2. The van der Waals surface area contributed by atoms with Gasteiger partial charge in [-0.05, 0) is 65.0 Å². The minimum Gasteiger partial charge on any atom is -0.444 e. The summed E-state index contributed by atoms with van der Waals surface area (Å²) in [6.07, 6.45) is 1.79. The van der Waals surface area contributed by atoms with Gasteiger partial charge in [-0.25, -0.2) is 14.8 Å². The van der Waals surface area contributed by atoms with E-state index in [1.165, 1.54) is 24.2 Å². The first-order valence-corrected chi connectivity index (χ1v) is 11.2. The Bertz CT molecular complexity index is 1030. The number of anilines is 1. The topological polar surface area (TPSA) is 84.4 Å². The molecule has 1 unspecified atom stereocenters. The maximum absolute atomic E-state index is 12.9. The molecule has 160 valence electrons. The van der Waals surface area contributed by atoms with Crippen LogP contribution in [0.4, 0.5) is 9.93 Å². The van der Waals surface area contributed by atoms with Gasteiger partial charge in [-0.1, -0.05) is 22.9 Å². The first kappa shape index (κ1) is 21.1. The molecule has 2 aromatic heterocycles. The van der Waals surface area contributed by atoms with Crippen molar-refractivity contribution in [2.45, 2.75) is 65.6 Å². The molecular formula is C21H25ClN4O3S. The number of hydrogen-bond acceptors (Lipinski definition) is 6. The van der Waals surface area contributed by atoms with Crippen molar-refractivity contribution >= 4 is 40.1 Å². The number of aromatic nitrogens is 2. The lowest BCUT2D eigenvalue weighted by Crippen LogP contribution is -2.34. The fourth-order valence-electron chi connectivity index (χ4n) is 3.67. The lowest BCUT2D eigenvalue weighted by molar-refractivity contribution is 0.0634. The second-order valence-electron chi connectivity index (χ2n) is 8.90. The Balaban J connectivity index is 1.58. The van der Waals surface area contributed by atoms with E-state index in [9.17, 15) is 9.59 Å². The first-order valence-electron chi connectivity index (χ1n) is 10.0. The normalized spacial score (nSPS) is 17.1. The van der Waals surface area contributed by atoms with Gasteiger partial charge in [0.05, 0.1) is 21.8 Å². The summed E-state index contributed by atoms with van der Waals surface area (Å²) in [5, 5.41) is 3.31. The fourth-order valence-corrected chi connectivity index (χ4v) is 4.88. The highest BCUT2D eigenvalue weighted by atomic mass is 35.5. The Morgan fingerprint density at radius 3 is 2.70 bits per heavy atom. The minimum atomic E-state index is -0.593. The zero-order chi connectivity index (χ0) is 21.8. The zero-order valence-corrected chi connectivity index (χ0v) is 19.3. The molecule has 2 amide bonds. The van der Waals surface area contributed by atoms with E-state index in [2.05, 4.69) is 22.2 Å². The van der Waals surface area contributed by atoms with Crippen molar-refractivity contribution in [1.29, 1.82) is 0 Å². The molecule has 1 aliphatic heterocycles. The number of thiazole rings is 1. The standard InChI is InChI=1S/C21H25ClN4O3S/c1-10-16(30-19(23-10)25-20(28)29-21(3,4)5)14-8-13-9-26(11(2)12-6-7-12)18(27)15(13)17(22)24-14/h8,11-12H,6-7,9H2,1-5H3,(H,23,25,28). The van der Waals surface area contributed by atoms with Crippen molar-refractivity contribution in [3.8, 4) is 10.6 Å². The summed E-state index contributed by atoms with van der Waals surface area (Å²) >= 11 is 7.74. The Morgan fingerprint density at radius 2 is 2.07 bits per heavy atom. The van der Waals surface area contributed by atoms with Crippen LogP contribution in [-0.4, -0.2) is 38.5 Å². The number of fused-ring (bicyclic) bond motifs is 1. The van der Waals surface area contributed by atoms with Crippen LogP contribution >= 0.6 is 22.9 Å². The predicted octanol–water partition coefficient (Wildman–Crippen LogP) is 5.27. The second kappa shape index (κ2) is 7.50. The summed E-state index contributed by atoms with van der Waals surface area (Å²) in [5.74, 6) is 0.543. The maximum Gasteiger partial charge on any atom is 0.413 e. The number of aryl methyl sites for hydroxylation is 1. The molecule has 2 aromatic rings. The van der Waals surface area contributed by atoms with Gasteiger partial charge in [-0.2, -0.15) is 0 Å². The highest BCUT2D eigenvalue weighted by Crippen LogP contribution is 2.41. The highest BCUT2D eigenvalue weighted by molar-refractivity contribution is 7.19. The summed E-state index contributed by atoms with van der Waals surface area (Å²) in [7, 11) is 0. The van der Waals surface area contributed by atoms with E-state index >= 15 is 0 Å². The molecular weight excluding hydrogens is 424 g/mol. The molecule has 7 nitrogen and oxygen atoms in total. The first-order chi connectivity index (χ1) is 14.0. The van der Waals surface area contributed by atoms with Gasteiger partial charge in [0.2, 0.25) is 0 Å². The number of hydrogen-bond donors (Lipinski definition) is 1. The number of nitrogens with one attached hydrogen (secondary N) is 1. The summed E-state index contributed by atoms with van der Waals surface area (Å²) in [6, 6.07) is 2.12. The minimum absolute atomic E-state index is 0.0400. The zero-order valence-electron chi connectivity index (χ0n) is 17.7. The van der Waals surface area contributed by atoms with Gasteiger partial charge in [-0.3, -0.25) is 10.1 Å². The molecule has 3 heterocycles. The van der Waals surface area contributed by atoms with Gasteiger partial charge in [0, 0.05) is 12.6 Å². The summed E-state index contributed by atoms with van der Waals surface area (Å²) in [5.41, 5.74) is 2.17. The Kier molecular flexibility index (Phi) is 5.26. The molecule has 0 radical (unpaired) electrons. The van der Waals surface area contributed by atoms with Crippen molar-refractivity contribution < 1.29 is 14.3 Å². The largest absolute Gasteiger partial charge is 0.444 e. The van der Waals surface area contributed by atoms with Gasteiger partial charge in [0.15, 0.2) is 5.13 Å². The van der Waals surface area contributed by atoms with Crippen LogP contribution in [0.5, 0.6) is 0 Å². The summed E-state index contributed by atoms with van der Waals surface area (Å²) in [6.45, 7) is 9.90. The van der Waals surface area contributed by atoms with Crippen LogP contribution in [0.15, 0.2) is 6.07 Å². The molecule has 2 aliphatic rings. The number of nitrogens with zero attached hydrogens (tertiary/aromatic N) is 3. The molecule has 0 aromatic carbocycles. The monoisotopic (exact) mass is 448 g/mol. The Hall–Kier alpha value is -2.19. The number of rotatable bonds is 4. The Morgan fingerprint density at radius 1 is 1.37 bits per heavy atom. The van der Waals surface area contributed by atoms with E-state index in [1.807, 2.05) is 17.9 Å². The smallest absolute Gasteiger partial charge is 0.413 e. The van der Waals surface area contributed by atoms with Crippen LogP contribution in [0, 0.1) is 12.8 Å². The molecule has 9 heteroatoms. The summed E-state index contributed by atoms with van der Waals surface area (Å²) < 4.78 is 5.28. The number of amides is 2.